The van der Waals surface area contributed by atoms with Gasteiger partial charge in [0, 0.05) is 12.6 Å². The summed E-state index contributed by atoms with van der Waals surface area (Å²) in [7, 11) is 0. The molecule has 0 aromatic heterocycles. The molecule has 0 aliphatic carbocycles. The minimum atomic E-state index is -0.297. The zero-order valence-corrected chi connectivity index (χ0v) is 13.2. The van der Waals surface area contributed by atoms with E-state index in [4.69, 9.17) is 10.5 Å². The number of hydrogen-bond acceptors (Lipinski definition) is 4. The molecule has 3 atom stereocenters. The van der Waals surface area contributed by atoms with Crippen LogP contribution in [0.5, 0.6) is 0 Å². The number of hydrogen-bond donors (Lipinski definition) is 2. The van der Waals surface area contributed by atoms with Crippen molar-refractivity contribution in [1.82, 2.24) is 10.2 Å². The summed E-state index contributed by atoms with van der Waals surface area (Å²) in [6.45, 7) is 10.2. The van der Waals surface area contributed by atoms with E-state index < -0.39 is 0 Å². The Morgan fingerprint density at radius 1 is 1.40 bits per heavy atom. The third kappa shape index (κ3) is 5.77. The van der Waals surface area contributed by atoms with Crippen LogP contribution in [0.25, 0.3) is 0 Å². The lowest BCUT2D eigenvalue weighted by molar-refractivity contribution is -0.132. The van der Waals surface area contributed by atoms with Gasteiger partial charge in [0.1, 0.15) is 6.10 Å². The number of carbonyl (C=O) groups is 1. The average molecular weight is 285 g/mol. The van der Waals surface area contributed by atoms with E-state index in [-0.39, 0.29) is 24.2 Å². The molecule has 118 valence electrons. The monoisotopic (exact) mass is 285 g/mol. The number of carbonyl (C=O) groups excluding carboxylic acids is 1. The van der Waals surface area contributed by atoms with Crippen LogP contribution in [-0.4, -0.2) is 55.2 Å². The number of nitrogens with one attached hydrogen (secondary N) is 1. The predicted molar refractivity (Wildman–Crippen MR) is 81.6 cm³/mol. The normalized spacial score (nSPS) is 24.1. The fourth-order valence-electron chi connectivity index (χ4n) is 2.64. The molecular formula is C15H31N3O2. The molecule has 0 aromatic rings. The van der Waals surface area contributed by atoms with Crippen molar-refractivity contribution in [3.05, 3.63) is 0 Å². The Bertz CT molecular complexity index is 282. The zero-order valence-electron chi connectivity index (χ0n) is 13.2. The average Bonchev–Trinajstić information content (AvgIpc) is 2.92. The third-order valence-electron chi connectivity index (χ3n) is 4.06. The Kier molecular flexibility index (Phi) is 8.11. The van der Waals surface area contributed by atoms with Gasteiger partial charge in [0.25, 0.3) is 0 Å². The molecule has 1 heterocycles. The summed E-state index contributed by atoms with van der Waals surface area (Å²) in [5.74, 6) is 0.0243. The van der Waals surface area contributed by atoms with Crippen molar-refractivity contribution >= 4 is 5.91 Å². The van der Waals surface area contributed by atoms with Gasteiger partial charge in [-0.15, -0.1) is 0 Å². The molecule has 0 radical (unpaired) electrons. The molecule has 1 fully saturated rings. The summed E-state index contributed by atoms with van der Waals surface area (Å²) in [6, 6.07) is 0.207. The fourth-order valence-corrected chi connectivity index (χ4v) is 2.64. The maximum Gasteiger partial charge on any atom is 0.249 e. The van der Waals surface area contributed by atoms with E-state index in [9.17, 15) is 4.79 Å². The lowest BCUT2D eigenvalue weighted by atomic mass is 10.1. The summed E-state index contributed by atoms with van der Waals surface area (Å²) in [5, 5.41) is 3.05. The molecule has 20 heavy (non-hydrogen) atoms. The van der Waals surface area contributed by atoms with Gasteiger partial charge in [-0.05, 0) is 52.2 Å². The first-order chi connectivity index (χ1) is 9.60. The molecule has 3 N–H and O–H groups in total. The molecule has 5 nitrogen and oxygen atoms in total. The number of rotatable bonds is 9. The Labute approximate surface area is 123 Å². The largest absolute Gasteiger partial charge is 0.364 e. The molecule has 1 amide bonds. The minimum absolute atomic E-state index is 0.0243. The summed E-state index contributed by atoms with van der Waals surface area (Å²) in [4.78, 5) is 14.4. The first kappa shape index (κ1) is 17.4. The van der Waals surface area contributed by atoms with Crippen LogP contribution in [0.3, 0.4) is 0 Å². The molecule has 0 spiro atoms. The van der Waals surface area contributed by atoms with Crippen molar-refractivity contribution in [1.29, 1.82) is 0 Å². The summed E-state index contributed by atoms with van der Waals surface area (Å²) >= 11 is 0. The second kappa shape index (κ2) is 9.32. The van der Waals surface area contributed by atoms with Crippen LogP contribution in [-0.2, 0) is 9.53 Å². The zero-order chi connectivity index (χ0) is 15.0. The van der Waals surface area contributed by atoms with Crippen LogP contribution in [0.15, 0.2) is 0 Å². The van der Waals surface area contributed by atoms with Gasteiger partial charge in [0.05, 0.1) is 6.10 Å². The maximum absolute atomic E-state index is 12.0. The highest BCUT2D eigenvalue weighted by molar-refractivity contribution is 5.81. The molecule has 1 rings (SSSR count). The second-order valence-corrected chi connectivity index (χ2v) is 5.64. The van der Waals surface area contributed by atoms with Gasteiger partial charge in [-0.3, -0.25) is 4.79 Å². The van der Waals surface area contributed by atoms with Crippen LogP contribution in [0.2, 0.25) is 0 Å². The predicted octanol–water partition coefficient (Wildman–Crippen LogP) is 1.12. The van der Waals surface area contributed by atoms with Crippen molar-refractivity contribution in [2.75, 3.05) is 26.2 Å². The van der Waals surface area contributed by atoms with Gasteiger partial charge in [0.2, 0.25) is 5.91 Å². The highest BCUT2D eigenvalue weighted by Gasteiger charge is 2.30. The van der Waals surface area contributed by atoms with Gasteiger partial charge in [-0.1, -0.05) is 13.8 Å². The Hall–Kier alpha value is -0.650. The Morgan fingerprint density at radius 3 is 2.65 bits per heavy atom. The first-order valence-corrected chi connectivity index (χ1v) is 7.98. The van der Waals surface area contributed by atoms with Crippen LogP contribution >= 0.6 is 0 Å². The molecular weight excluding hydrogens is 254 g/mol. The van der Waals surface area contributed by atoms with Crippen molar-refractivity contribution in [2.24, 2.45) is 5.73 Å². The number of nitrogens with zero attached hydrogens (tertiary/aromatic N) is 1. The topological polar surface area (TPSA) is 67.6 Å². The number of nitrogens with two attached hydrogens (primary N) is 1. The number of amides is 1. The van der Waals surface area contributed by atoms with E-state index in [1.165, 1.54) is 0 Å². The van der Waals surface area contributed by atoms with Crippen LogP contribution in [0.1, 0.15) is 46.5 Å². The van der Waals surface area contributed by atoms with E-state index in [1.54, 1.807) is 0 Å². The molecule has 0 bridgehead atoms. The first-order valence-electron chi connectivity index (χ1n) is 7.98. The van der Waals surface area contributed by atoms with Crippen LogP contribution < -0.4 is 11.1 Å². The van der Waals surface area contributed by atoms with Crippen molar-refractivity contribution in [3.63, 3.8) is 0 Å². The third-order valence-corrected chi connectivity index (χ3v) is 4.06. The SMILES string of the molecule is CCN(CC)CCCC(C)NC(=O)C1CCC(CN)O1. The number of ether oxygens (including phenoxy) is 1. The van der Waals surface area contributed by atoms with Crippen molar-refractivity contribution in [2.45, 2.75) is 64.7 Å². The van der Waals surface area contributed by atoms with Gasteiger partial charge in [-0.2, -0.15) is 0 Å². The van der Waals surface area contributed by atoms with Gasteiger partial charge >= 0.3 is 0 Å². The van der Waals surface area contributed by atoms with E-state index in [1.807, 2.05) is 0 Å². The molecule has 3 unspecified atom stereocenters. The minimum Gasteiger partial charge on any atom is -0.364 e. The summed E-state index contributed by atoms with van der Waals surface area (Å²) in [5.41, 5.74) is 5.56. The Morgan fingerprint density at radius 2 is 2.10 bits per heavy atom. The molecule has 0 saturated carbocycles. The van der Waals surface area contributed by atoms with E-state index >= 15 is 0 Å². The highest BCUT2D eigenvalue weighted by atomic mass is 16.5. The molecule has 5 heteroatoms. The van der Waals surface area contributed by atoms with Crippen molar-refractivity contribution in [3.8, 4) is 0 Å². The smallest absolute Gasteiger partial charge is 0.249 e. The quantitative estimate of drug-likeness (QED) is 0.666. The Balaban J connectivity index is 2.18. The second-order valence-electron chi connectivity index (χ2n) is 5.64. The van der Waals surface area contributed by atoms with Gasteiger partial charge in [0.15, 0.2) is 0 Å². The molecule has 1 aliphatic rings. The molecule has 0 aromatic carbocycles. The lowest BCUT2D eigenvalue weighted by Gasteiger charge is -2.21. The lowest BCUT2D eigenvalue weighted by Crippen LogP contribution is -2.40. The van der Waals surface area contributed by atoms with Crippen molar-refractivity contribution < 1.29 is 9.53 Å². The summed E-state index contributed by atoms with van der Waals surface area (Å²) in [6.07, 6.45) is 3.57. The van der Waals surface area contributed by atoms with E-state index in [0.717, 1.165) is 45.3 Å². The molecule has 1 saturated heterocycles. The van der Waals surface area contributed by atoms with E-state index in [0.29, 0.717) is 6.54 Å². The van der Waals surface area contributed by atoms with Crippen LogP contribution in [0.4, 0.5) is 0 Å². The maximum atomic E-state index is 12.0. The highest BCUT2D eigenvalue weighted by Crippen LogP contribution is 2.19. The molecule has 1 aliphatic heterocycles. The van der Waals surface area contributed by atoms with Crippen LogP contribution in [0, 0.1) is 0 Å². The summed E-state index contributed by atoms with van der Waals surface area (Å²) < 4.78 is 5.61. The van der Waals surface area contributed by atoms with Gasteiger partial charge in [-0.25, -0.2) is 0 Å². The van der Waals surface area contributed by atoms with Gasteiger partial charge < -0.3 is 20.7 Å². The fraction of sp³-hybridized carbons (Fsp3) is 0.933. The van der Waals surface area contributed by atoms with E-state index in [2.05, 4.69) is 31.0 Å². The standard InChI is InChI=1S/C15H31N3O2/c1-4-18(5-2)10-6-7-12(3)17-15(19)14-9-8-13(11-16)20-14/h12-14H,4-11,16H2,1-3H3,(H,17,19).